The highest BCUT2D eigenvalue weighted by atomic mass is 19.1. The molecule has 1 aliphatic rings. The van der Waals surface area contributed by atoms with E-state index in [1.165, 1.54) is 18.2 Å². The molecule has 3 aromatic rings. The van der Waals surface area contributed by atoms with Crippen molar-refractivity contribution in [1.29, 1.82) is 0 Å². The number of aryl methyl sites for hydroxylation is 1. The van der Waals surface area contributed by atoms with Crippen LogP contribution >= 0.6 is 0 Å². The van der Waals surface area contributed by atoms with Gasteiger partial charge in [0.1, 0.15) is 11.6 Å². The summed E-state index contributed by atoms with van der Waals surface area (Å²) in [6.07, 6.45) is 0.796. The van der Waals surface area contributed by atoms with E-state index in [2.05, 4.69) is 48.0 Å². The minimum atomic E-state index is -0.680. The van der Waals surface area contributed by atoms with Gasteiger partial charge in [0, 0.05) is 25.4 Å². The molecule has 0 saturated heterocycles. The number of halogens is 2. The molecule has 0 spiro atoms. The third-order valence-corrected chi connectivity index (χ3v) is 7.54. The van der Waals surface area contributed by atoms with Crippen molar-refractivity contribution in [1.82, 2.24) is 25.2 Å². The first-order chi connectivity index (χ1) is 16.0. The number of likely N-dealkylation sites (N-methyl/N-ethyl adjacent to an activating group) is 1. The molecule has 1 amide bonds. The number of hydrogen-bond donors (Lipinski definition) is 0. The van der Waals surface area contributed by atoms with E-state index >= 15 is 0 Å². The highest BCUT2D eigenvalue weighted by Gasteiger charge is 2.56. The molecule has 34 heavy (non-hydrogen) atoms. The maximum atomic E-state index is 14.5. The zero-order chi connectivity index (χ0) is 24.8. The highest BCUT2D eigenvalue weighted by Crippen LogP contribution is 2.59. The summed E-state index contributed by atoms with van der Waals surface area (Å²) in [6.45, 7) is 12.8. The molecule has 4 rings (SSSR count). The van der Waals surface area contributed by atoms with Crippen molar-refractivity contribution in [3.63, 3.8) is 0 Å². The summed E-state index contributed by atoms with van der Waals surface area (Å²) in [5.41, 5.74) is 0.719. The van der Waals surface area contributed by atoms with Crippen LogP contribution in [0.25, 0.3) is 11.3 Å². The van der Waals surface area contributed by atoms with E-state index < -0.39 is 17.0 Å². The predicted octanol–water partition coefficient (Wildman–Crippen LogP) is 5.07. The Morgan fingerprint density at radius 3 is 2.38 bits per heavy atom. The number of rotatable bonds is 6. The van der Waals surface area contributed by atoms with Crippen molar-refractivity contribution in [2.75, 3.05) is 13.1 Å². The quantitative estimate of drug-likeness (QED) is 0.501. The van der Waals surface area contributed by atoms with Crippen molar-refractivity contribution in [3.05, 3.63) is 58.9 Å². The Morgan fingerprint density at radius 1 is 1.15 bits per heavy atom. The van der Waals surface area contributed by atoms with E-state index in [9.17, 15) is 13.6 Å². The fourth-order valence-corrected chi connectivity index (χ4v) is 5.29. The van der Waals surface area contributed by atoms with Gasteiger partial charge in [-0.2, -0.15) is 15.2 Å². The van der Waals surface area contributed by atoms with Crippen LogP contribution in [-0.4, -0.2) is 44.2 Å². The smallest absolute Gasteiger partial charge is 0.295 e. The van der Waals surface area contributed by atoms with E-state index in [-0.39, 0.29) is 34.3 Å². The number of aromatic nitrogens is 4. The first kappa shape index (κ1) is 23.9. The molecule has 2 atom stereocenters. The average molecular weight is 470 g/mol. The lowest BCUT2D eigenvalue weighted by Gasteiger charge is -2.44. The van der Waals surface area contributed by atoms with Gasteiger partial charge in [0.25, 0.3) is 11.7 Å². The predicted molar refractivity (Wildman–Crippen MR) is 122 cm³/mol. The van der Waals surface area contributed by atoms with Crippen molar-refractivity contribution < 1.29 is 18.1 Å². The fourth-order valence-electron chi connectivity index (χ4n) is 5.29. The van der Waals surface area contributed by atoms with Gasteiger partial charge in [-0.15, -0.1) is 0 Å². The lowest BCUT2D eigenvalue weighted by atomic mass is 9.63. The Balaban J connectivity index is 1.79. The molecule has 1 aromatic carbocycles. The van der Waals surface area contributed by atoms with Gasteiger partial charge in [0.05, 0.1) is 17.0 Å². The Hall–Kier alpha value is -3.23. The molecular formula is C25H29F2N5O2. The molecular weight excluding hydrogens is 440 g/mol. The summed E-state index contributed by atoms with van der Waals surface area (Å²) < 4.78 is 33.9. The molecule has 1 aliphatic carbocycles. The van der Waals surface area contributed by atoms with Gasteiger partial charge in [-0.1, -0.05) is 38.9 Å². The lowest BCUT2D eigenvalue weighted by Crippen LogP contribution is -2.49. The van der Waals surface area contributed by atoms with Gasteiger partial charge in [-0.05, 0) is 48.4 Å². The second-order valence-electron chi connectivity index (χ2n) is 9.60. The average Bonchev–Trinajstić information content (AvgIpc) is 3.29. The Labute approximate surface area is 197 Å². The lowest BCUT2D eigenvalue weighted by molar-refractivity contribution is 0.0598. The zero-order valence-electron chi connectivity index (χ0n) is 20.3. The van der Waals surface area contributed by atoms with Crippen molar-refractivity contribution in [2.45, 2.75) is 59.3 Å². The van der Waals surface area contributed by atoms with E-state index in [1.54, 1.807) is 17.9 Å². The van der Waals surface area contributed by atoms with Crippen molar-refractivity contribution in [2.24, 2.45) is 5.41 Å². The summed E-state index contributed by atoms with van der Waals surface area (Å²) in [5, 5.41) is 12.5. The molecule has 2 aromatic heterocycles. The molecule has 0 bridgehead atoms. The van der Waals surface area contributed by atoms with E-state index in [1.807, 2.05) is 6.92 Å². The zero-order valence-corrected chi connectivity index (χ0v) is 20.3. The van der Waals surface area contributed by atoms with Crippen molar-refractivity contribution in [3.8, 4) is 11.3 Å². The number of carbonyl (C=O) groups is 1. The van der Waals surface area contributed by atoms with Crippen molar-refractivity contribution >= 4 is 5.91 Å². The molecule has 9 heteroatoms. The molecule has 0 saturated carbocycles. The van der Waals surface area contributed by atoms with Gasteiger partial charge in [-0.25, -0.2) is 8.78 Å². The van der Waals surface area contributed by atoms with Crippen LogP contribution in [0.15, 0.2) is 28.8 Å². The first-order valence-electron chi connectivity index (χ1n) is 11.5. The summed E-state index contributed by atoms with van der Waals surface area (Å²) in [6, 6.07) is 5.50. The summed E-state index contributed by atoms with van der Waals surface area (Å²) in [4.78, 5) is 18.9. The van der Waals surface area contributed by atoms with E-state index in [0.29, 0.717) is 19.0 Å². The molecule has 0 N–H and O–H groups in total. The molecule has 0 radical (unpaired) electrons. The number of nitrogens with zero attached hydrogens (tertiary/aromatic N) is 5. The topological polar surface area (TPSA) is 85.0 Å². The van der Waals surface area contributed by atoms with Crippen LogP contribution in [-0.2, 0) is 5.41 Å². The van der Waals surface area contributed by atoms with Crippen LogP contribution < -0.4 is 0 Å². The van der Waals surface area contributed by atoms with Crippen LogP contribution in [0.5, 0.6) is 0 Å². The standard InChI is InChI=1S/C25H29F2N5O2/c1-7-16-15-12-19(20-17(26)10-9-11-18(20)27)29-30-21(15)25(6,24(16,4)5)13-32(8-2)23(33)22-28-14(3)34-31-22/h9-12,16H,7-8,13H2,1-6H3/t16-,25-/m0/s1. The first-order valence-corrected chi connectivity index (χ1v) is 11.5. The van der Waals surface area contributed by atoms with Crippen LogP contribution in [0, 0.1) is 24.0 Å². The SMILES string of the molecule is CC[C@H]1c2cc(-c3c(F)cccc3F)nnc2[C@](C)(CN(CC)C(=O)c2noc(C)n2)C1(C)C. The van der Waals surface area contributed by atoms with Gasteiger partial charge in [0.2, 0.25) is 5.89 Å². The molecule has 7 nitrogen and oxygen atoms in total. The molecule has 0 unspecified atom stereocenters. The normalized spacial score (nSPS) is 20.9. The number of benzene rings is 1. The van der Waals surface area contributed by atoms with Crippen LogP contribution in [0.3, 0.4) is 0 Å². The molecule has 2 heterocycles. The van der Waals surface area contributed by atoms with Gasteiger partial charge < -0.3 is 9.42 Å². The van der Waals surface area contributed by atoms with Gasteiger partial charge >= 0.3 is 0 Å². The Morgan fingerprint density at radius 2 is 1.82 bits per heavy atom. The summed E-state index contributed by atoms with van der Waals surface area (Å²) in [7, 11) is 0. The monoisotopic (exact) mass is 469 g/mol. The van der Waals surface area contributed by atoms with Crippen LogP contribution in [0.1, 0.15) is 74.7 Å². The van der Waals surface area contributed by atoms with E-state index in [0.717, 1.165) is 17.7 Å². The van der Waals surface area contributed by atoms with Gasteiger partial charge in [-0.3, -0.25) is 4.79 Å². The minimum absolute atomic E-state index is 0.0162. The number of hydrogen-bond acceptors (Lipinski definition) is 6. The molecule has 180 valence electrons. The van der Waals surface area contributed by atoms with Crippen LogP contribution in [0.4, 0.5) is 8.78 Å². The molecule has 0 aliphatic heterocycles. The Bertz CT molecular complexity index is 1220. The molecule has 0 fully saturated rings. The third kappa shape index (κ3) is 3.58. The minimum Gasteiger partial charge on any atom is -0.339 e. The fraction of sp³-hybridized carbons (Fsp3) is 0.480. The summed E-state index contributed by atoms with van der Waals surface area (Å²) >= 11 is 0. The number of carbonyl (C=O) groups excluding carboxylic acids is 1. The second kappa shape index (κ2) is 8.52. The summed E-state index contributed by atoms with van der Waals surface area (Å²) in [5.74, 6) is -1.29. The van der Waals surface area contributed by atoms with Crippen LogP contribution in [0.2, 0.25) is 0 Å². The Kier molecular flexibility index (Phi) is 5.99. The van der Waals surface area contributed by atoms with Gasteiger partial charge in [0.15, 0.2) is 0 Å². The largest absolute Gasteiger partial charge is 0.339 e. The third-order valence-electron chi connectivity index (χ3n) is 7.54. The second-order valence-corrected chi connectivity index (χ2v) is 9.60. The number of fused-ring (bicyclic) bond motifs is 1. The highest BCUT2D eigenvalue weighted by molar-refractivity contribution is 5.90. The maximum Gasteiger partial charge on any atom is 0.295 e. The number of amides is 1. The maximum absolute atomic E-state index is 14.5. The van der Waals surface area contributed by atoms with E-state index in [4.69, 9.17) is 4.52 Å².